The molecule has 1 fully saturated rings. The zero-order valence-electron chi connectivity index (χ0n) is 13.8. The molecule has 2 aliphatic rings. The third-order valence-electron chi connectivity index (χ3n) is 4.78. The van der Waals surface area contributed by atoms with Gasteiger partial charge in [-0.1, -0.05) is 0 Å². The molecule has 6 nitrogen and oxygen atoms in total. The monoisotopic (exact) mass is 318 g/mol. The molecule has 0 radical (unpaired) electrons. The summed E-state index contributed by atoms with van der Waals surface area (Å²) in [6, 6.07) is 0. The molecule has 3 N–H and O–H groups in total. The number of piperidine rings is 1. The summed E-state index contributed by atoms with van der Waals surface area (Å²) in [7, 11) is 0. The molecule has 126 valence electrons. The van der Waals surface area contributed by atoms with Crippen LogP contribution in [0.5, 0.6) is 0 Å². The molecule has 0 saturated carbocycles. The lowest BCUT2D eigenvalue weighted by Crippen LogP contribution is -2.44. The normalized spacial score (nSPS) is 21.7. The first-order chi connectivity index (χ1) is 11.1. The van der Waals surface area contributed by atoms with Gasteiger partial charge in [-0.2, -0.15) is 0 Å². The molecule has 3 heterocycles. The third kappa shape index (κ3) is 4.07. The maximum Gasteiger partial charge on any atom is 0.234 e. The number of rotatable bonds is 4. The largest absolute Gasteiger partial charge is 0.392 e. The summed E-state index contributed by atoms with van der Waals surface area (Å²) < 4.78 is 0. The average molecular weight is 318 g/mol. The molecular weight excluding hydrogens is 292 g/mol. The summed E-state index contributed by atoms with van der Waals surface area (Å²) >= 11 is 0. The van der Waals surface area contributed by atoms with Crippen LogP contribution in [0.1, 0.15) is 35.2 Å². The van der Waals surface area contributed by atoms with Crippen LogP contribution in [-0.2, 0) is 24.3 Å². The van der Waals surface area contributed by atoms with Gasteiger partial charge in [-0.05, 0) is 56.0 Å². The van der Waals surface area contributed by atoms with Gasteiger partial charge in [0.2, 0.25) is 5.91 Å². The van der Waals surface area contributed by atoms with Crippen LogP contribution in [0.2, 0.25) is 0 Å². The number of aromatic nitrogens is 1. The van der Waals surface area contributed by atoms with E-state index in [9.17, 15) is 9.90 Å². The van der Waals surface area contributed by atoms with Crippen molar-refractivity contribution in [1.82, 2.24) is 20.5 Å². The average Bonchev–Trinajstić information content (AvgIpc) is 2.54. The first-order valence-corrected chi connectivity index (χ1v) is 8.47. The summed E-state index contributed by atoms with van der Waals surface area (Å²) in [4.78, 5) is 18.7. The quantitative estimate of drug-likeness (QED) is 0.734. The van der Waals surface area contributed by atoms with Crippen LogP contribution in [0.15, 0.2) is 6.20 Å². The van der Waals surface area contributed by atoms with Crippen LogP contribution in [0, 0.1) is 6.92 Å². The summed E-state index contributed by atoms with van der Waals surface area (Å²) in [6.45, 7) is 6.22. The van der Waals surface area contributed by atoms with Gasteiger partial charge in [-0.25, -0.2) is 0 Å². The lowest BCUT2D eigenvalue weighted by atomic mass is 9.96. The van der Waals surface area contributed by atoms with E-state index < -0.39 is 0 Å². The number of aliphatic hydroxyl groups excluding tert-OH is 1. The van der Waals surface area contributed by atoms with Gasteiger partial charge < -0.3 is 15.7 Å². The molecule has 0 bridgehead atoms. The van der Waals surface area contributed by atoms with Crippen molar-refractivity contribution in [2.45, 2.75) is 45.4 Å². The minimum Gasteiger partial charge on any atom is -0.392 e. The molecule has 0 aromatic carbocycles. The van der Waals surface area contributed by atoms with Crippen molar-refractivity contribution in [2.24, 2.45) is 0 Å². The Hall–Kier alpha value is -1.50. The van der Waals surface area contributed by atoms with E-state index >= 15 is 0 Å². The number of nitrogens with one attached hydrogen (secondary N) is 2. The van der Waals surface area contributed by atoms with Crippen molar-refractivity contribution in [3.63, 3.8) is 0 Å². The number of fused-ring (bicyclic) bond motifs is 1. The van der Waals surface area contributed by atoms with Crippen molar-refractivity contribution in [2.75, 3.05) is 26.2 Å². The molecule has 1 aromatic heterocycles. The highest BCUT2D eigenvalue weighted by Gasteiger charge is 2.20. The van der Waals surface area contributed by atoms with Gasteiger partial charge in [-0.15, -0.1) is 0 Å². The second kappa shape index (κ2) is 7.38. The van der Waals surface area contributed by atoms with Crippen molar-refractivity contribution >= 4 is 5.91 Å². The second-order valence-corrected chi connectivity index (χ2v) is 6.56. The number of hydrogen-bond acceptors (Lipinski definition) is 5. The number of amides is 1. The highest BCUT2D eigenvalue weighted by atomic mass is 16.3. The Morgan fingerprint density at radius 1 is 1.57 bits per heavy atom. The number of carbonyl (C=O) groups excluding carboxylic acids is 1. The summed E-state index contributed by atoms with van der Waals surface area (Å²) in [5.41, 5.74) is 4.74. The number of nitrogens with zero attached hydrogens (tertiary/aromatic N) is 2. The minimum atomic E-state index is -0.295. The molecule has 2 aliphatic heterocycles. The first kappa shape index (κ1) is 16.4. The molecule has 1 aromatic rings. The Morgan fingerprint density at radius 3 is 3.26 bits per heavy atom. The number of aliphatic hydroxyl groups is 1. The van der Waals surface area contributed by atoms with Gasteiger partial charge >= 0.3 is 0 Å². The maximum atomic E-state index is 12.2. The second-order valence-electron chi connectivity index (χ2n) is 6.56. The van der Waals surface area contributed by atoms with Gasteiger partial charge in [0, 0.05) is 31.5 Å². The molecule has 0 aliphatic carbocycles. The Labute approximate surface area is 137 Å². The number of hydrogen-bond donors (Lipinski definition) is 3. The highest BCUT2D eigenvalue weighted by molar-refractivity contribution is 5.78. The van der Waals surface area contributed by atoms with Crippen LogP contribution in [0.4, 0.5) is 0 Å². The Morgan fingerprint density at radius 2 is 2.43 bits per heavy atom. The molecule has 1 saturated heterocycles. The topological polar surface area (TPSA) is 77.5 Å². The van der Waals surface area contributed by atoms with Crippen molar-refractivity contribution in [3.05, 3.63) is 28.6 Å². The number of β-amino-alcohol motifs (C(OH)–C–C–N with tert-alkyl or cyclic N) is 1. The van der Waals surface area contributed by atoms with Crippen molar-refractivity contribution in [1.29, 1.82) is 0 Å². The van der Waals surface area contributed by atoms with Crippen LogP contribution in [0.25, 0.3) is 0 Å². The minimum absolute atomic E-state index is 0.0186. The Kier molecular flexibility index (Phi) is 5.25. The van der Waals surface area contributed by atoms with Gasteiger partial charge in [0.05, 0.1) is 12.6 Å². The van der Waals surface area contributed by atoms with Crippen molar-refractivity contribution < 1.29 is 9.90 Å². The van der Waals surface area contributed by atoms with Crippen LogP contribution in [0.3, 0.4) is 0 Å². The number of likely N-dealkylation sites (tertiary alicyclic amines) is 1. The highest BCUT2D eigenvalue weighted by Crippen LogP contribution is 2.20. The Balaban J connectivity index is 1.58. The lowest BCUT2D eigenvalue weighted by Gasteiger charge is -2.29. The fraction of sp³-hybridized carbons (Fsp3) is 0.647. The fourth-order valence-corrected chi connectivity index (χ4v) is 3.50. The molecule has 6 heteroatoms. The summed E-state index contributed by atoms with van der Waals surface area (Å²) in [6.07, 6.45) is 4.43. The van der Waals surface area contributed by atoms with E-state index in [1.54, 1.807) is 0 Å². The van der Waals surface area contributed by atoms with E-state index in [1.165, 1.54) is 11.1 Å². The van der Waals surface area contributed by atoms with E-state index in [1.807, 2.05) is 18.0 Å². The SMILES string of the molecule is Cc1ncc2c(c1CNC(=O)CN1CCC[C@@H](O)C1)CCNC2. The third-order valence-corrected chi connectivity index (χ3v) is 4.78. The van der Waals surface area contributed by atoms with E-state index in [-0.39, 0.29) is 12.0 Å². The van der Waals surface area contributed by atoms with Gasteiger partial charge in [0.1, 0.15) is 0 Å². The maximum absolute atomic E-state index is 12.2. The molecule has 1 atom stereocenters. The van der Waals surface area contributed by atoms with E-state index in [2.05, 4.69) is 15.6 Å². The smallest absolute Gasteiger partial charge is 0.234 e. The van der Waals surface area contributed by atoms with Gasteiger partial charge in [-0.3, -0.25) is 14.7 Å². The molecular formula is C17H26N4O2. The van der Waals surface area contributed by atoms with Crippen LogP contribution in [-0.4, -0.2) is 53.2 Å². The van der Waals surface area contributed by atoms with Gasteiger partial charge in [0.15, 0.2) is 0 Å². The predicted octanol–water partition coefficient (Wildman–Crippen LogP) is 0.109. The molecule has 3 rings (SSSR count). The van der Waals surface area contributed by atoms with E-state index in [0.29, 0.717) is 19.6 Å². The number of pyridine rings is 1. The van der Waals surface area contributed by atoms with Gasteiger partial charge in [0.25, 0.3) is 0 Å². The van der Waals surface area contributed by atoms with Crippen molar-refractivity contribution in [3.8, 4) is 0 Å². The lowest BCUT2D eigenvalue weighted by molar-refractivity contribution is -0.123. The zero-order valence-corrected chi connectivity index (χ0v) is 13.8. The number of carbonyl (C=O) groups is 1. The zero-order chi connectivity index (χ0) is 16.2. The number of aryl methyl sites for hydroxylation is 1. The molecule has 1 amide bonds. The van der Waals surface area contributed by atoms with E-state index in [0.717, 1.165) is 50.2 Å². The summed E-state index contributed by atoms with van der Waals surface area (Å²) in [5, 5.41) is 16.1. The van der Waals surface area contributed by atoms with E-state index in [4.69, 9.17) is 0 Å². The molecule has 23 heavy (non-hydrogen) atoms. The van der Waals surface area contributed by atoms with Crippen LogP contribution >= 0.6 is 0 Å². The standard InChI is InChI=1S/C17H26N4O2/c1-12-16(15-4-5-18-7-13(15)8-19-12)9-20-17(23)11-21-6-2-3-14(22)10-21/h8,14,18,22H,2-7,9-11H2,1H3,(H,20,23)/t14-/m1/s1. The summed E-state index contributed by atoms with van der Waals surface area (Å²) in [5.74, 6) is 0.0186. The predicted molar refractivity (Wildman–Crippen MR) is 87.9 cm³/mol. The first-order valence-electron chi connectivity index (χ1n) is 8.47. The Bertz CT molecular complexity index is 576. The molecule has 0 spiro atoms. The fourth-order valence-electron chi connectivity index (χ4n) is 3.50. The molecule has 0 unspecified atom stereocenters. The van der Waals surface area contributed by atoms with Crippen LogP contribution < -0.4 is 10.6 Å².